The number of allylic oxidation sites excluding steroid dienone is 1. The molecule has 1 unspecified atom stereocenters. The number of esters is 1. The summed E-state index contributed by atoms with van der Waals surface area (Å²) < 4.78 is 24.0. The van der Waals surface area contributed by atoms with Gasteiger partial charge in [-0.25, -0.2) is 14.0 Å². The molecule has 0 radical (unpaired) electrons. The fraction of sp³-hybridized carbons (Fsp3) is 0.273. The monoisotopic (exact) mass is 398 g/mol. The van der Waals surface area contributed by atoms with E-state index in [0.29, 0.717) is 29.0 Å². The molecule has 1 aliphatic heterocycles. The SMILES string of the molecule is CCOC(=O)C1=C(CC)NC(=O)NC1c1cccc(OCc2ccc(F)cc2)c1. The summed E-state index contributed by atoms with van der Waals surface area (Å²) in [5.41, 5.74) is 2.44. The maximum absolute atomic E-state index is 13.0. The Balaban J connectivity index is 1.85. The molecule has 2 aromatic carbocycles. The van der Waals surface area contributed by atoms with E-state index in [0.717, 1.165) is 5.56 Å². The molecular weight excluding hydrogens is 375 g/mol. The van der Waals surface area contributed by atoms with Crippen molar-refractivity contribution in [1.82, 2.24) is 10.6 Å². The number of nitrogens with one attached hydrogen (secondary N) is 2. The molecule has 0 fully saturated rings. The molecule has 29 heavy (non-hydrogen) atoms. The molecule has 1 atom stereocenters. The van der Waals surface area contributed by atoms with Crippen LogP contribution in [0.15, 0.2) is 59.8 Å². The van der Waals surface area contributed by atoms with Crippen molar-refractivity contribution in [1.29, 1.82) is 0 Å². The Kier molecular flexibility index (Phi) is 6.49. The zero-order valence-corrected chi connectivity index (χ0v) is 16.3. The van der Waals surface area contributed by atoms with Crippen LogP contribution in [0.3, 0.4) is 0 Å². The fourth-order valence-electron chi connectivity index (χ4n) is 3.13. The number of hydrogen-bond acceptors (Lipinski definition) is 4. The minimum Gasteiger partial charge on any atom is -0.489 e. The molecule has 0 saturated heterocycles. The second kappa shape index (κ2) is 9.23. The van der Waals surface area contributed by atoms with Crippen molar-refractivity contribution in [2.75, 3.05) is 6.61 Å². The second-order valence-corrected chi connectivity index (χ2v) is 6.49. The van der Waals surface area contributed by atoms with Gasteiger partial charge < -0.3 is 20.1 Å². The maximum Gasteiger partial charge on any atom is 0.338 e. The van der Waals surface area contributed by atoms with Gasteiger partial charge in [0.15, 0.2) is 0 Å². The highest BCUT2D eigenvalue weighted by molar-refractivity contribution is 5.95. The van der Waals surface area contributed by atoms with E-state index in [1.54, 1.807) is 37.3 Å². The first-order valence-electron chi connectivity index (χ1n) is 9.46. The van der Waals surface area contributed by atoms with Crippen LogP contribution in [-0.2, 0) is 16.1 Å². The van der Waals surface area contributed by atoms with Crippen molar-refractivity contribution >= 4 is 12.0 Å². The number of rotatable bonds is 7. The van der Waals surface area contributed by atoms with Gasteiger partial charge in [-0.05, 0) is 48.7 Å². The van der Waals surface area contributed by atoms with Gasteiger partial charge in [0.2, 0.25) is 0 Å². The molecule has 0 spiro atoms. The number of urea groups is 1. The third-order valence-corrected chi connectivity index (χ3v) is 4.51. The molecule has 152 valence electrons. The summed E-state index contributed by atoms with van der Waals surface area (Å²) in [5.74, 6) is -0.206. The average molecular weight is 398 g/mol. The van der Waals surface area contributed by atoms with Crippen LogP contribution < -0.4 is 15.4 Å². The molecular formula is C22H23FN2O4. The van der Waals surface area contributed by atoms with Gasteiger partial charge in [-0.2, -0.15) is 0 Å². The van der Waals surface area contributed by atoms with Crippen LogP contribution >= 0.6 is 0 Å². The lowest BCUT2D eigenvalue weighted by atomic mass is 9.94. The summed E-state index contributed by atoms with van der Waals surface area (Å²) >= 11 is 0. The van der Waals surface area contributed by atoms with Crippen LogP contribution in [-0.4, -0.2) is 18.6 Å². The summed E-state index contributed by atoms with van der Waals surface area (Å²) in [4.78, 5) is 24.6. The first-order valence-corrected chi connectivity index (χ1v) is 9.46. The molecule has 0 aromatic heterocycles. The average Bonchev–Trinajstić information content (AvgIpc) is 2.73. The first-order chi connectivity index (χ1) is 14.0. The Morgan fingerprint density at radius 3 is 2.59 bits per heavy atom. The van der Waals surface area contributed by atoms with Crippen molar-refractivity contribution in [3.63, 3.8) is 0 Å². The Labute approximate surface area is 168 Å². The summed E-state index contributed by atoms with van der Waals surface area (Å²) in [6.45, 7) is 4.10. The van der Waals surface area contributed by atoms with Gasteiger partial charge in [0.25, 0.3) is 0 Å². The molecule has 7 heteroatoms. The third kappa shape index (κ3) is 4.93. The minimum atomic E-state index is -0.646. The molecule has 1 heterocycles. The van der Waals surface area contributed by atoms with Gasteiger partial charge in [0.05, 0.1) is 18.2 Å². The largest absolute Gasteiger partial charge is 0.489 e. The summed E-state index contributed by atoms with van der Waals surface area (Å²) in [7, 11) is 0. The van der Waals surface area contributed by atoms with E-state index >= 15 is 0 Å². The van der Waals surface area contributed by atoms with E-state index in [9.17, 15) is 14.0 Å². The lowest BCUT2D eigenvalue weighted by Gasteiger charge is -2.29. The van der Waals surface area contributed by atoms with E-state index in [1.807, 2.05) is 13.0 Å². The zero-order chi connectivity index (χ0) is 20.8. The number of benzene rings is 2. The minimum absolute atomic E-state index is 0.237. The summed E-state index contributed by atoms with van der Waals surface area (Å²) in [6, 6.07) is 12.2. The quantitative estimate of drug-likeness (QED) is 0.692. The molecule has 0 saturated carbocycles. The standard InChI is InChI=1S/C22H23FN2O4/c1-3-18-19(21(26)28-4-2)20(25-22(27)24-18)15-6-5-7-17(12-15)29-13-14-8-10-16(23)11-9-14/h5-12,20H,3-4,13H2,1-2H3,(H2,24,25,27). The van der Waals surface area contributed by atoms with Crippen LogP contribution in [0.4, 0.5) is 9.18 Å². The number of carbonyl (C=O) groups excluding carboxylic acids is 2. The zero-order valence-electron chi connectivity index (χ0n) is 16.3. The fourth-order valence-corrected chi connectivity index (χ4v) is 3.13. The van der Waals surface area contributed by atoms with Crippen LogP contribution in [0.25, 0.3) is 0 Å². The van der Waals surface area contributed by atoms with Crippen LogP contribution in [0.5, 0.6) is 5.75 Å². The van der Waals surface area contributed by atoms with E-state index < -0.39 is 12.0 Å². The maximum atomic E-state index is 13.0. The molecule has 6 nitrogen and oxygen atoms in total. The van der Waals surface area contributed by atoms with E-state index in [4.69, 9.17) is 9.47 Å². The first kappa shape index (κ1) is 20.4. The molecule has 3 rings (SSSR count). The normalized spacial score (nSPS) is 16.1. The lowest BCUT2D eigenvalue weighted by molar-refractivity contribution is -0.139. The van der Waals surface area contributed by atoms with Crippen molar-refractivity contribution in [2.45, 2.75) is 32.9 Å². The Morgan fingerprint density at radius 1 is 1.14 bits per heavy atom. The number of carbonyl (C=O) groups is 2. The molecule has 2 amide bonds. The van der Waals surface area contributed by atoms with E-state index in [1.165, 1.54) is 12.1 Å². The lowest BCUT2D eigenvalue weighted by Crippen LogP contribution is -2.45. The highest BCUT2D eigenvalue weighted by Gasteiger charge is 2.33. The second-order valence-electron chi connectivity index (χ2n) is 6.49. The van der Waals surface area contributed by atoms with Crippen LogP contribution in [0.1, 0.15) is 37.4 Å². The van der Waals surface area contributed by atoms with E-state index in [-0.39, 0.29) is 25.1 Å². The number of halogens is 1. The number of amides is 2. The smallest absolute Gasteiger partial charge is 0.338 e. The van der Waals surface area contributed by atoms with Crippen molar-refractivity contribution < 1.29 is 23.5 Å². The highest BCUT2D eigenvalue weighted by atomic mass is 19.1. The number of hydrogen-bond donors (Lipinski definition) is 2. The Bertz CT molecular complexity index is 925. The molecule has 1 aliphatic rings. The third-order valence-electron chi connectivity index (χ3n) is 4.51. The van der Waals surface area contributed by atoms with Crippen molar-refractivity contribution in [3.05, 3.63) is 76.7 Å². The summed E-state index contributed by atoms with van der Waals surface area (Å²) in [6.07, 6.45) is 0.485. The highest BCUT2D eigenvalue weighted by Crippen LogP contribution is 2.30. The van der Waals surface area contributed by atoms with Crippen molar-refractivity contribution in [3.8, 4) is 5.75 Å². The van der Waals surface area contributed by atoms with Gasteiger partial charge in [-0.3, -0.25) is 0 Å². The van der Waals surface area contributed by atoms with Gasteiger partial charge in [-0.1, -0.05) is 31.2 Å². The van der Waals surface area contributed by atoms with Crippen LogP contribution in [0, 0.1) is 5.82 Å². The molecule has 0 bridgehead atoms. The van der Waals surface area contributed by atoms with E-state index in [2.05, 4.69) is 10.6 Å². The van der Waals surface area contributed by atoms with Crippen molar-refractivity contribution in [2.24, 2.45) is 0 Å². The number of ether oxygens (including phenoxy) is 2. The topological polar surface area (TPSA) is 76.7 Å². The van der Waals surface area contributed by atoms with Gasteiger partial charge in [0.1, 0.15) is 18.2 Å². The van der Waals surface area contributed by atoms with Gasteiger partial charge >= 0.3 is 12.0 Å². The van der Waals surface area contributed by atoms with Gasteiger partial charge in [0, 0.05) is 5.70 Å². The molecule has 0 aliphatic carbocycles. The Morgan fingerprint density at radius 2 is 1.90 bits per heavy atom. The Hall–Kier alpha value is -3.35. The predicted molar refractivity (Wildman–Crippen MR) is 106 cm³/mol. The van der Waals surface area contributed by atoms with Crippen LogP contribution in [0.2, 0.25) is 0 Å². The van der Waals surface area contributed by atoms with Gasteiger partial charge in [-0.15, -0.1) is 0 Å². The predicted octanol–water partition coefficient (Wildman–Crippen LogP) is 3.99. The molecule has 2 aromatic rings. The summed E-state index contributed by atoms with van der Waals surface area (Å²) in [5, 5.41) is 5.48. The molecule has 2 N–H and O–H groups in total.